The molecule has 5 nitrogen and oxygen atoms in total. The average molecular weight is 466 g/mol. The molecule has 3 aliphatic rings. The van der Waals surface area contributed by atoms with Crippen molar-refractivity contribution in [2.24, 2.45) is 0 Å². The van der Waals surface area contributed by atoms with Crippen LogP contribution in [0.3, 0.4) is 0 Å². The molecule has 3 rings (SSSR count). The van der Waals surface area contributed by atoms with Crippen molar-refractivity contribution in [1.29, 1.82) is 0 Å². The molecule has 2 aliphatic heterocycles. The number of rotatable bonds is 5. The van der Waals surface area contributed by atoms with Crippen molar-refractivity contribution >= 4 is 48.9 Å². The minimum atomic E-state index is -1.04. The van der Waals surface area contributed by atoms with E-state index >= 15 is 0 Å². The molecular formula is C10H16I2N2O3. The number of halogens is 2. The van der Waals surface area contributed by atoms with E-state index < -0.39 is 20.4 Å². The minimum absolute atomic E-state index is 0.00635. The van der Waals surface area contributed by atoms with Gasteiger partial charge in [0.05, 0.1) is 0 Å². The van der Waals surface area contributed by atoms with E-state index in [0.717, 1.165) is 12.8 Å². The quantitative estimate of drug-likeness (QED) is 0.123. The number of hydrogen-bond acceptors (Lipinski definition) is 5. The van der Waals surface area contributed by atoms with Crippen LogP contribution in [-0.4, -0.2) is 26.5 Å². The molecule has 0 spiro atoms. The number of carbonyl (C=O) groups is 1. The van der Waals surface area contributed by atoms with E-state index in [1.165, 1.54) is 19.3 Å². The summed E-state index contributed by atoms with van der Waals surface area (Å²) in [4.78, 5) is 11.7. The van der Waals surface area contributed by atoms with Gasteiger partial charge in [-0.05, 0) is 0 Å². The van der Waals surface area contributed by atoms with Crippen LogP contribution in [0.4, 0.5) is 0 Å². The van der Waals surface area contributed by atoms with E-state index in [2.05, 4.69) is 29.7 Å². The number of carbonyl (C=O) groups excluding carboxylic acids is 1. The number of ether oxygens (including phenoxy) is 2. The average Bonchev–Trinajstić information content (AvgIpc) is 3.18. The molecule has 2 saturated heterocycles. The standard InChI is InChI=1S/C10H16I2N2O3/c11-8(10-12(13-10)14-10)9(15)17-6-16-7-4-2-1-3-5-7/h7-8,13-14H,1-6H2. The summed E-state index contributed by atoms with van der Waals surface area (Å²) in [6, 6.07) is 0. The topological polar surface area (TPSA) is 79.4 Å². The molecule has 2 heterocycles. The molecule has 7 heteroatoms. The first-order chi connectivity index (χ1) is 8.22. The second-order valence-electron chi connectivity index (χ2n) is 4.55. The fraction of sp³-hybridized carbons (Fsp3) is 0.900. The summed E-state index contributed by atoms with van der Waals surface area (Å²) in [6.07, 6.45) is 6.28. The SMILES string of the molecule is O=C(OCOC1CCCCC1)C(I)C12NI1N2. The van der Waals surface area contributed by atoms with E-state index in [4.69, 9.17) is 9.47 Å². The van der Waals surface area contributed by atoms with Gasteiger partial charge in [0.25, 0.3) is 0 Å². The second kappa shape index (κ2) is 5.06. The Balaban J connectivity index is 1.34. The molecular weight excluding hydrogens is 450 g/mol. The number of nitrogens with one attached hydrogen (secondary N) is 2. The zero-order chi connectivity index (χ0) is 11.9. The molecule has 3 fully saturated rings. The Hall–Kier alpha value is 0.810. The first-order valence-electron chi connectivity index (χ1n) is 5.90. The van der Waals surface area contributed by atoms with Gasteiger partial charge >= 0.3 is 123 Å². The molecule has 0 aromatic heterocycles. The molecule has 17 heavy (non-hydrogen) atoms. The van der Waals surface area contributed by atoms with E-state index in [1.807, 2.05) is 0 Å². The third-order valence-electron chi connectivity index (χ3n) is 3.30. The van der Waals surface area contributed by atoms with Crippen LogP contribution in [0.2, 0.25) is 0 Å². The molecule has 0 amide bonds. The molecule has 0 radical (unpaired) electrons. The van der Waals surface area contributed by atoms with Crippen molar-refractivity contribution in [3.05, 3.63) is 0 Å². The van der Waals surface area contributed by atoms with E-state index in [9.17, 15) is 4.79 Å². The summed E-state index contributed by atoms with van der Waals surface area (Å²) in [5.41, 5.74) is 0. The zero-order valence-electron chi connectivity index (χ0n) is 9.38. The van der Waals surface area contributed by atoms with Crippen LogP contribution >= 0.6 is 43.0 Å². The Morgan fingerprint density at radius 2 is 2.06 bits per heavy atom. The number of hydrogen-bond donors (Lipinski definition) is 2. The molecule has 1 atom stereocenters. The first kappa shape index (κ1) is 12.8. The summed E-state index contributed by atoms with van der Waals surface area (Å²) >= 11 is 1.12. The van der Waals surface area contributed by atoms with Crippen LogP contribution in [0.15, 0.2) is 0 Å². The summed E-state index contributed by atoms with van der Waals surface area (Å²) in [5, 5.41) is 0. The van der Waals surface area contributed by atoms with E-state index in [-0.39, 0.29) is 20.4 Å². The van der Waals surface area contributed by atoms with E-state index in [1.54, 1.807) is 0 Å². The molecule has 0 bridgehead atoms. The number of fused-ring (bicyclic) bond motifs is 1. The molecule has 0 aromatic carbocycles. The fourth-order valence-corrected chi connectivity index (χ4v) is 9.51. The maximum absolute atomic E-state index is 11.7. The van der Waals surface area contributed by atoms with Crippen molar-refractivity contribution in [1.82, 2.24) is 7.06 Å². The number of alkyl halides is 2. The Morgan fingerprint density at radius 3 is 2.65 bits per heavy atom. The summed E-state index contributed by atoms with van der Waals surface area (Å²) in [6.45, 7) is 0.118. The van der Waals surface area contributed by atoms with Crippen LogP contribution < -0.4 is 7.06 Å². The number of esters is 1. The predicted molar refractivity (Wildman–Crippen MR) is 79.7 cm³/mol. The monoisotopic (exact) mass is 466 g/mol. The van der Waals surface area contributed by atoms with Crippen LogP contribution in [0.25, 0.3) is 0 Å². The third-order valence-corrected chi connectivity index (χ3v) is 10.5. The van der Waals surface area contributed by atoms with Gasteiger partial charge in [-0.3, -0.25) is 0 Å². The summed E-state index contributed by atoms with van der Waals surface area (Å²) < 4.78 is 17.3. The normalized spacial score (nSPS) is 29.4. The summed E-state index contributed by atoms with van der Waals surface area (Å²) in [7, 11) is 0. The van der Waals surface area contributed by atoms with Crippen LogP contribution in [0.1, 0.15) is 32.1 Å². The van der Waals surface area contributed by atoms with Crippen molar-refractivity contribution in [2.45, 2.75) is 45.8 Å². The van der Waals surface area contributed by atoms with Crippen LogP contribution in [-0.2, 0) is 14.3 Å². The van der Waals surface area contributed by atoms with Crippen molar-refractivity contribution in [2.75, 3.05) is 6.79 Å². The molecule has 98 valence electrons. The predicted octanol–water partition coefficient (Wildman–Crippen LogP) is 1.84. The van der Waals surface area contributed by atoms with Crippen molar-refractivity contribution in [3.8, 4) is 0 Å². The van der Waals surface area contributed by atoms with Crippen LogP contribution in [0, 0.1) is 0 Å². The van der Waals surface area contributed by atoms with Gasteiger partial charge in [0.15, 0.2) is 0 Å². The second-order valence-corrected chi connectivity index (χ2v) is 10.2. The van der Waals surface area contributed by atoms with Gasteiger partial charge in [-0.2, -0.15) is 0 Å². The molecule has 1 saturated carbocycles. The van der Waals surface area contributed by atoms with Gasteiger partial charge < -0.3 is 0 Å². The van der Waals surface area contributed by atoms with Gasteiger partial charge in [0.1, 0.15) is 0 Å². The Labute approximate surface area is 122 Å². The first-order valence-corrected chi connectivity index (χ1v) is 10.4. The van der Waals surface area contributed by atoms with Gasteiger partial charge in [0, 0.05) is 0 Å². The van der Waals surface area contributed by atoms with Crippen LogP contribution in [0.5, 0.6) is 0 Å². The summed E-state index contributed by atoms with van der Waals surface area (Å²) in [5.74, 6) is -0.154. The molecule has 0 aromatic rings. The molecule has 1 aliphatic carbocycles. The Kier molecular flexibility index (Phi) is 3.82. The van der Waals surface area contributed by atoms with Gasteiger partial charge in [-0.25, -0.2) is 0 Å². The van der Waals surface area contributed by atoms with Gasteiger partial charge in [-0.1, -0.05) is 0 Å². The Morgan fingerprint density at radius 1 is 1.41 bits per heavy atom. The zero-order valence-corrected chi connectivity index (χ0v) is 13.7. The van der Waals surface area contributed by atoms with Crippen molar-refractivity contribution in [3.63, 3.8) is 0 Å². The molecule has 2 N–H and O–H groups in total. The maximum atomic E-state index is 11.7. The van der Waals surface area contributed by atoms with Gasteiger partial charge in [-0.15, -0.1) is 0 Å². The third kappa shape index (κ3) is 2.72. The van der Waals surface area contributed by atoms with Crippen molar-refractivity contribution < 1.29 is 14.3 Å². The fourth-order valence-electron chi connectivity index (χ4n) is 2.09. The Bertz CT molecular complexity index is 317. The van der Waals surface area contributed by atoms with Gasteiger partial charge in [0.2, 0.25) is 0 Å². The van der Waals surface area contributed by atoms with E-state index in [0.29, 0.717) is 6.10 Å². The molecule has 1 unspecified atom stereocenters.